The summed E-state index contributed by atoms with van der Waals surface area (Å²) in [4.78, 5) is 16.5. The number of ether oxygens (including phenoxy) is 1. The van der Waals surface area contributed by atoms with Gasteiger partial charge in [0.2, 0.25) is 0 Å². The predicted molar refractivity (Wildman–Crippen MR) is 70.3 cm³/mol. The van der Waals surface area contributed by atoms with Crippen molar-refractivity contribution < 1.29 is 9.53 Å². The van der Waals surface area contributed by atoms with Crippen molar-refractivity contribution in [2.24, 2.45) is 5.73 Å². The van der Waals surface area contributed by atoms with Gasteiger partial charge in [-0.1, -0.05) is 0 Å². The molecule has 2 aliphatic heterocycles. The van der Waals surface area contributed by atoms with Gasteiger partial charge in [0, 0.05) is 44.9 Å². The third kappa shape index (κ3) is 2.84. The van der Waals surface area contributed by atoms with Gasteiger partial charge in [0.25, 0.3) is 5.91 Å². The zero-order valence-corrected chi connectivity index (χ0v) is 11.5. The van der Waals surface area contributed by atoms with E-state index >= 15 is 0 Å². The smallest absolute Gasteiger partial charge is 0.251 e. The number of amides is 1. The third-order valence-electron chi connectivity index (χ3n) is 4.15. The lowest BCUT2D eigenvalue weighted by molar-refractivity contribution is -0.143. The van der Waals surface area contributed by atoms with Crippen LogP contribution in [0.1, 0.15) is 26.7 Å². The average Bonchev–Trinajstić information content (AvgIpc) is 2.92. The fourth-order valence-electron chi connectivity index (χ4n) is 2.64. The van der Waals surface area contributed by atoms with Gasteiger partial charge in [0.15, 0.2) is 0 Å². The second kappa shape index (κ2) is 5.55. The van der Waals surface area contributed by atoms with Gasteiger partial charge in [-0.2, -0.15) is 0 Å². The van der Waals surface area contributed by atoms with E-state index in [0.29, 0.717) is 6.54 Å². The first-order valence-electron chi connectivity index (χ1n) is 6.90. The third-order valence-corrected chi connectivity index (χ3v) is 4.15. The Morgan fingerprint density at radius 3 is 2.50 bits per heavy atom. The minimum Gasteiger partial charge on any atom is -0.368 e. The second-order valence-corrected chi connectivity index (χ2v) is 5.83. The van der Waals surface area contributed by atoms with E-state index in [4.69, 9.17) is 10.5 Å². The molecule has 0 radical (unpaired) electrons. The van der Waals surface area contributed by atoms with Crippen molar-refractivity contribution in [2.75, 3.05) is 39.3 Å². The van der Waals surface area contributed by atoms with Crippen LogP contribution in [0.5, 0.6) is 0 Å². The van der Waals surface area contributed by atoms with Crippen molar-refractivity contribution in [3.8, 4) is 0 Å². The van der Waals surface area contributed by atoms with Gasteiger partial charge in [-0.25, -0.2) is 0 Å². The molecule has 5 heteroatoms. The molecule has 5 nitrogen and oxygen atoms in total. The lowest BCUT2D eigenvalue weighted by Gasteiger charge is -2.43. The SMILES string of the molecule is CC(C)(CN)N1CCN(C(=O)C2CCCO2)CC1. The van der Waals surface area contributed by atoms with Gasteiger partial charge < -0.3 is 15.4 Å². The summed E-state index contributed by atoms with van der Waals surface area (Å²) in [5.41, 5.74) is 5.82. The summed E-state index contributed by atoms with van der Waals surface area (Å²) in [5.74, 6) is 0.178. The molecule has 0 bridgehead atoms. The molecular formula is C13H25N3O2. The highest BCUT2D eigenvalue weighted by molar-refractivity contribution is 5.81. The Hall–Kier alpha value is -0.650. The van der Waals surface area contributed by atoms with Crippen LogP contribution in [0.4, 0.5) is 0 Å². The molecule has 0 aliphatic carbocycles. The summed E-state index contributed by atoms with van der Waals surface area (Å²) in [7, 11) is 0. The number of nitrogens with zero attached hydrogens (tertiary/aromatic N) is 2. The van der Waals surface area contributed by atoms with E-state index in [-0.39, 0.29) is 17.6 Å². The number of hydrogen-bond acceptors (Lipinski definition) is 4. The van der Waals surface area contributed by atoms with Gasteiger partial charge in [-0.05, 0) is 26.7 Å². The van der Waals surface area contributed by atoms with Gasteiger partial charge in [0.05, 0.1) is 0 Å². The number of hydrogen-bond donors (Lipinski definition) is 1. The maximum atomic E-state index is 12.2. The minimum atomic E-state index is -0.181. The molecule has 2 rings (SSSR count). The summed E-state index contributed by atoms with van der Waals surface area (Å²) in [6.45, 7) is 9.09. The molecule has 2 saturated heterocycles. The Labute approximate surface area is 109 Å². The van der Waals surface area contributed by atoms with E-state index in [1.54, 1.807) is 0 Å². The maximum Gasteiger partial charge on any atom is 0.251 e. The molecule has 0 aromatic carbocycles. The van der Waals surface area contributed by atoms with Crippen LogP contribution < -0.4 is 5.73 Å². The van der Waals surface area contributed by atoms with Crippen LogP contribution >= 0.6 is 0 Å². The highest BCUT2D eigenvalue weighted by Gasteiger charge is 2.33. The normalized spacial score (nSPS) is 26.6. The average molecular weight is 255 g/mol. The van der Waals surface area contributed by atoms with Crippen molar-refractivity contribution in [3.05, 3.63) is 0 Å². The van der Waals surface area contributed by atoms with Crippen molar-refractivity contribution in [2.45, 2.75) is 38.3 Å². The van der Waals surface area contributed by atoms with Crippen LogP contribution in [0.3, 0.4) is 0 Å². The number of carbonyl (C=O) groups is 1. The zero-order valence-electron chi connectivity index (χ0n) is 11.5. The van der Waals surface area contributed by atoms with Crippen molar-refractivity contribution in [1.82, 2.24) is 9.80 Å². The Bertz CT molecular complexity index is 293. The Morgan fingerprint density at radius 1 is 1.33 bits per heavy atom. The highest BCUT2D eigenvalue weighted by atomic mass is 16.5. The summed E-state index contributed by atoms with van der Waals surface area (Å²) in [6.07, 6.45) is 1.71. The summed E-state index contributed by atoms with van der Waals surface area (Å²) < 4.78 is 5.46. The molecule has 2 heterocycles. The summed E-state index contributed by atoms with van der Waals surface area (Å²) in [6, 6.07) is 0. The maximum absolute atomic E-state index is 12.2. The van der Waals surface area contributed by atoms with Crippen LogP contribution in [0.2, 0.25) is 0 Å². The van der Waals surface area contributed by atoms with Crippen LogP contribution in [-0.4, -0.2) is 66.7 Å². The highest BCUT2D eigenvalue weighted by Crippen LogP contribution is 2.19. The second-order valence-electron chi connectivity index (χ2n) is 5.83. The number of carbonyl (C=O) groups excluding carboxylic acids is 1. The zero-order chi connectivity index (χ0) is 13.2. The minimum absolute atomic E-state index is 0.0268. The van der Waals surface area contributed by atoms with E-state index in [0.717, 1.165) is 45.6 Å². The molecule has 1 amide bonds. The number of piperazine rings is 1. The van der Waals surface area contributed by atoms with E-state index in [2.05, 4.69) is 18.7 Å². The van der Waals surface area contributed by atoms with Crippen molar-refractivity contribution in [3.63, 3.8) is 0 Å². The van der Waals surface area contributed by atoms with Crippen molar-refractivity contribution in [1.29, 1.82) is 0 Å². The Kier molecular flexibility index (Phi) is 4.25. The summed E-state index contributed by atoms with van der Waals surface area (Å²) >= 11 is 0. The molecule has 1 unspecified atom stereocenters. The van der Waals surface area contributed by atoms with Gasteiger partial charge >= 0.3 is 0 Å². The van der Waals surface area contributed by atoms with Crippen LogP contribution in [0.25, 0.3) is 0 Å². The van der Waals surface area contributed by atoms with Gasteiger partial charge in [-0.15, -0.1) is 0 Å². The lowest BCUT2D eigenvalue weighted by atomic mass is 10.0. The largest absolute Gasteiger partial charge is 0.368 e. The Morgan fingerprint density at radius 2 is 2.00 bits per heavy atom. The fraction of sp³-hybridized carbons (Fsp3) is 0.923. The molecule has 104 valence electrons. The van der Waals surface area contributed by atoms with E-state index in [1.807, 2.05) is 4.90 Å². The molecule has 2 N–H and O–H groups in total. The van der Waals surface area contributed by atoms with Gasteiger partial charge in [-0.3, -0.25) is 9.69 Å². The molecule has 0 aromatic heterocycles. The topological polar surface area (TPSA) is 58.8 Å². The van der Waals surface area contributed by atoms with Crippen LogP contribution in [0.15, 0.2) is 0 Å². The first-order valence-corrected chi connectivity index (χ1v) is 6.90. The molecule has 1 atom stereocenters. The van der Waals surface area contributed by atoms with E-state index in [1.165, 1.54) is 0 Å². The standard InChI is InChI=1S/C13H25N3O2/c1-13(2,10-14)16-7-5-15(6-8-16)12(17)11-4-3-9-18-11/h11H,3-10,14H2,1-2H3. The Balaban J connectivity index is 1.84. The first-order chi connectivity index (χ1) is 8.54. The lowest BCUT2D eigenvalue weighted by Crippen LogP contribution is -2.59. The first kappa shape index (κ1) is 13.8. The molecule has 18 heavy (non-hydrogen) atoms. The summed E-state index contributed by atoms with van der Waals surface area (Å²) in [5, 5.41) is 0. The number of rotatable bonds is 3. The quantitative estimate of drug-likeness (QED) is 0.774. The molecule has 0 aromatic rings. The molecule has 0 saturated carbocycles. The molecule has 0 spiro atoms. The molecular weight excluding hydrogens is 230 g/mol. The van der Waals surface area contributed by atoms with E-state index < -0.39 is 0 Å². The van der Waals surface area contributed by atoms with Crippen LogP contribution in [0, 0.1) is 0 Å². The van der Waals surface area contributed by atoms with Crippen LogP contribution in [-0.2, 0) is 9.53 Å². The number of nitrogens with two attached hydrogens (primary N) is 1. The van der Waals surface area contributed by atoms with Gasteiger partial charge in [0.1, 0.15) is 6.10 Å². The van der Waals surface area contributed by atoms with E-state index in [9.17, 15) is 4.79 Å². The molecule has 2 aliphatic rings. The predicted octanol–water partition coefficient (Wildman–Crippen LogP) is 0.0469. The monoisotopic (exact) mass is 255 g/mol. The fourth-order valence-corrected chi connectivity index (χ4v) is 2.64. The van der Waals surface area contributed by atoms with Crippen molar-refractivity contribution >= 4 is 5.91 Å². The molecule has 2 fully saturated rings.